The lowest BCUT2D eigenvalue weighted by atomic mass is 10.0. The SMILES string of the molecule is CCc1cc2cc3c(cc2[nH]c1=O)CN1CCNC[C@H]1CCO3. The van der Waals surface area contributed by atoms with Gasteiger partial charge in [0.05, 0.1) is 6.61 Å². The number of aromatic amines is 1. The predicted octanol–water partition coefficient (Wildman–Crippen LogP) is 1.65. The van der Waals surface area contributed by atoms with Crippen LogP contribution < -0.4 is 15.6 Å². The van der Waals surface area contributed by atoms with Crippen molar-refractivity contribution in [2.45, 2.75) is 32.4 Å². The number of nitrogens with zero attached hydrogens (tertiary/aromatic N) is 1. The van der Waals surface area contributed by atoms with Crippen LogP contribution in [0.3, 0.4) is 0 Å². The van der Waals surface area contributed by atoms with Crippen molar-refractivity contribution in [3.05, 3.63) is 39.7 Å². The number of ether oxygens (including phenoxy) is 1. The first kappa shape index (κ1) is 14.7. The molecule has 5 nitrogen and oxygen atoms in total. The summed E-state index contributed by atoms with van der Waals surface area (Å²) < 4.78 is 6.04. The second-order valence-corrected chi connectivity index (χ2v) is 6.49. The number of hydrogen-bond donors (Lipinski definition) is 2. The van der Waals surface area contributed by atoms with Crippen molar-refractivity contribution in [1.29, 1.82) is 0 Å². The third-order valence-corrected chi connectivity index (χ3v) is 5.04. The average Bonchev–Trinajstić information content (AvgIpc) is 2.54. The maximum absolute atomic E-state index is 12.1. The molecule has 0 spiro atoms. The number of aryl methyl sites for hydroxylation is 1. The first-order chi connectivity index (χ1) is 11.2. The highest BCUT2D eigenvalue weighted by atomic mass is 16.5. The minimum absolute atomic E-state index is 0.0201. The molecule has 0 radical (unpaired) electrons. The summed E-state index contributed by atoms with van der Waals surface area (Å²) in [7, 11) is 0. The standard InChI is InChI=1S/C18H23N3O2/c1-2-12-7-13-9-17-14(8-16(13)20-18(12)22)11-21-5-4-19-10-15(21)3-6-23-17/h7-9,15,19H,2-6,10-11H2,1H3,(H,20,22)/t15-/m1/s1. The number of pyridine rings is 1. The van der Waals surface area contributed by atoms with E-state index in [4.69, 9.17) is 4.74 Å². The summed E-state index contributed by atoms with van der Waals surface area (Å²) in [5.74, 6) is 0.962. The number of fused-ring (bicyclic) bond motifs is 3. The molecule has 0 unspecified atom stereocenters. The van der Waals surface area contributed by atoms with Crippen LogP contribution in [-0.2, 0) is 13.0 Å². The van der Waals surface area contributed by atoms with Crippen molar-refractivity contribution in [2.24, 2.45) is 0 Å². The van der Waals surface area contributed by atoms with Gasteiger partial charge in [-0.3, -0.25) is 9.69 Å². The molecule has 3 heterocycles. The van der Waals surface area contributed by atoms with Gasteiger partial charge in [0.1, 0.15) is 5.75 Å². The molecule has 5 heteroatoms. The number of nitrogens with one attached hydrogen (secondary N) is 2. The molecule has 23 heavy (non-hydrogen) atoms. The van der Waals surface area contributed by atoms with Crippen molar-refractivity contribution in [3.63, 3.8) is 0 Å². The van der Waals surface area contributed by atoms with Gasteiger partial charge in [-0.1, -0.05) is 6.92 Å². The second-order valence-electron chi connectivity index (χ2n) is 6.49. The van der Waals surface area contributed by atoms with Gasteiger partial charge in [0.2, 0.25) is 0 Å². The van der Waals surface area contributed by atoms with Crippen molar-refractivity contribution in [2.75, 3.05) is 26.2 Å². The van der Waals surface area contributed by atoms with Gasteiger partial charge in [-0.15, -0.1) is 0 Å². The smallest absolute Gasteiger partial charge is 0.251 e. The lowest BCUT2D eigenvalue weighted by Gasteiger charge is -2.38. The maximum Gasteiger partial charge on any atom is 0.251 e. The molecule has 0 amide bonds. The third-order valence-electron chi connectivity index (χ3n) is 5.04. The Kier molecular flexibility index (Phi) is 3.83. The summed E-state index contributed by atoms with van der Waals surface area (Å²) >= 11 is 0. The third kappa shape index (κ3) is 2.75. The summed E-state index contributed by atoms with van der Waals surface area (Å²) in [6.07, 6.45) is 1.79. The van der Waals surface area contributed by atoms with E-state index in [-0.39, 0.29) is 5.56 Å². The van der Waals surface area contributed by atoms with Gasteiger partial charge in [-0.2, -0.15) is 0 Å². The average molecular weight is 313 g/mol. The van der Waals surface area contributed by atoms with E-state index in [1.165, 1.54) is 5.56 Å². The zero-order valence-electron chi connectivity index (χ0n) is 13.5. The molecular weight excluding hydrogens is 290 g/mol. The molecule has 2 N–H and O–H groups in total. The number of hydrogen-bond acceptors (Lipinski definition) is 4. The fourth-order valence-electron chi connectivity index (χ4n) is 3.66. The van der Waals surface area contributed by atoms with Crippen LogP contribution in [-0.4, -0.2) is 42.2 Å². The molecule has 1 aromatic carbocycles. The Balaban J connectivity index is 1.78. The van der Waals surface area contributed by atoms with Crippen molar-refractivity contribution in [3.8, 4) is 5.75 Å². The molecule has 1 atom stereocenters. The van der Waals surface area contributed by atoms with E-state index in [1.807, 2.05) is 13.0 Å². The Morgan fingerprint density at radius 3 is 3.13 bits per heavy atom. The van der Waals surface area contributed by atoms with E-state index in [2.05, 4.69) is 27.3 Å². The van der Waals surface area contributed by atoms with Gasteiger partial charge in [-0.25, -0.2) is 0 Å². The molecule has 0 bridgehead atoms. The number of rotatable bonds is 1. The van der Waals surface area contributed by atoms with Crippen LogP contribution in [0.4, 0.5) is 0 Å². The van der Waals surface area contributed by atoms with Crippen LogP contribution in [0.5, 0.6) is 5.75 Å². The van der Waals surface area contributed by atoms with Gasteiger partial charge in [0.25, 0.3) is 5.56 Å². The van der Waals surface area contributed by atoms with Crippen LogP contribution in [0.25, 0.3) is 10.9 Å². The lowest BCUT2D eigenvalue weighted by Crippen LogP contribution is -2.51. The maximum atomic E-state index is 12.1. The lowest BCUT2D eigenvalue weighted by molar-refractivity contribution is 0.115. The molecule has 1 saturated heterocycles. The highest BCUT2D eigenvalue weighted by Gasteiger charge is 2.25. The zero-order valence-corrected chi connectivity index (χ0v) is 13.5. The summed E-state index contributed by atoms with van der Waals surface area (Å²) in [5, 5.41) is 4.51. The first-order valence-corrected chi connectivity index (χ1v) is 8.51. The van der Waals surface area contributed by atoms with Crippen LogP contribution >= 0.6 is 0 Å². The summed E-state index contributed by atoms with van der Waals surface area (Å²) in [6, 6.07) is 6.71. The number of piperazine rings is 1. The van der Waals surface area contributed by atoms with Crippen LogP contribution in [0, 0.1) is 0 Å². The van der Waals surface area contributed by atoms with Gasteiger partial charge in [-0.05, 0) is 31.0 Å². The van der Waals surface area contributed by atoms with E-state index in [9.17, 15) is 4.79 Å². The monoisotopic (exact) mass is 313 g/mol. The molecule has 122 valence electrons. The van der Waals surface area contributed by atoms with Gasteiger partial charge < -0.3 is 15.0 Å². The molecule has 2 aliphatic rings. The predicted molar refractivity (Wildman–Crippen MR) is 91.1 cm³/mol. The molecular formula is C18H23N3O2. The van der Waals surface area contributed by atoms with E-state index >= 15 is 0 Å². The van der Waals surface area contributed by atoms with Gasteiger partial charge in [0, 0.05) is 54.3 Å². The summed E-state index contributed by atoms with van der Waals surface area (Å²) in [6.45, 7) is 6.76. The van der Waals surface area contributed by atoms with E-state index < -0.39 is 0 Å². The highest BCUT2D eigenvalue weighted by molar-refractivity contribution is 5.82. The van der Waals surface area contributed by atoms with Crippen molar-refractivity contribution >= 4 is 10.9 Å². The fraction of sp³-hybridized carbons (Fsp3) is 0.500. The van der Waals surface area contributed by atoms with Crippen LogP contribution in [0.1, 0.15) is 24.5 Å². The Bertz CT molecular complexity index is 784. The Morgan fingerprint density at radius 2 is 2.26 bits per heavy atom. The zero-order chi connectivity index (χ0) is 15.8. The summed E-state index contributed by atoms with van der Waals surface area (Å²) in [5.41, 5.74) is 2.92. The van der Waals surface area contributed by atoms with Crippen molar-refractivity contribution in [1.82, 2.24) is 15.2 Å². The molecule has 2 aliphatic heterocycles. The number of H-pyrrole nitrogens is 1. The van der Waals surface area contributed by atoms with E-state index in [1.54, 1.807) is 0 Å². The van der Waals surface area contributed by atoms with Gasteiger partial charge >= 0.3 is 0 Å². The largest absolute Gasteiger partial charge is 0.493 e. The molecule has 0 aliphatic carbocycles. The minimum atomic E-state index is 0.0201. The fourth-order valence-corrected chi connectivity index (χ4v) is 3.66. The Labute approximate surface area is 135 Å². The highest BCUT2D eigenvalue weighted by Crippen LogP contribution is 2.29. The normalized spacial score (nSPS) is 21.9. The molecule has 2 aromatic rings. The quantitative estimate of drug-likeness (QED) is 0.840. The Hall–Kier alpha value is -1.85. The van der Waals surface area contributed by atoms with Crippen molar-refractivity contribution < 1.29 is 4.74 Å². The topological polar surface area (TPSA) is 57.4 Å². The van der Waals surface area contributed by atoms with Crippen LogP contribution in [0.2, 0.25) is 0 Å². The van der Waals surface area contributed by atoms with E-state index in [0.717, 1.165) is 67.8 Å². The van der Waals surface area contributed by atoms with E-state index in [0.29, 0.717) is 6.04 Å². The first-order valence-electron chi connectivity index (χ1n) is 8.51. The molecule has 1 aromatic heterocycles. The van der Waals surface area contributed by atoms with Gasteiger partial charge in [0.15, 0.2) is 0 Å². The minimum Gasteiger partial charge on any atom is -0.493 e. The van der Waals surface area contributed by atoms with Crippen LogP contribution in [0.15, 0.2) is 23.0 Å². The molecule has 1 fully saturated rings. The summed E-state index contributed by atoms with van der Waals surface area (Å²) in [4.78, 5) is 17.6. The number of aromatic nitrogens is 1. The Morgan fingerprint density at radius 1 is 1.35 bits per heavy atom. The molecule has 0 saturated carbocycles. The second kappa shape index (κ2) is 5.98. The molecule has 4 rings (SSSR count). The number of benzene rings is 1.